The molecule has 0 radical (unpaired) electrons. The van der Waals surface area contributed by atoms with Crippen molar-refractivity contribution in [2.45, 2.75) is 13.2 Å². The van der Waals surface area contributed by atoms with E-state index in [0.717, 1.165) is 28.5 Å². The molecule has 0 unspecified atom stereocenters. The Kier molecular flexibility index (Phi) is 4.63. The number of methoxy groups -OCH3 is 2. The number of furan rings is 1. The zero-order chi connectivity index (χ0) is 16.1. The van der Waals surface area contributed by atoms with Gasteiger partial charge in [-0.25, -0.2) is 4.98 Å². The molecule has 3 aromatic rings. The van der Waals surface area contributed by atoms with Crippen molar-refractivity contribution in [1.82, 2.24) is 4.98 Å². The Bertz CT molecular complexity index is 750. The van der Waals surface area contributed by atoms with Crippen molar-refractivity contribution in [3.05, 3.63) is 54.4 Å². The molecule has 0 saturated heterocycles. The van der Waals surface area contributed by atoms with Gasteiger partial charge in [0.25, 0.3) is 0 Å². The SMILES string of the molecule is COCc1ccc(CNc2cc(-c3cnco3)ccc2OC)o1. The number of nitrogens with zero attached hydrogens (tertiary/aromatic N) is 1. The third-order valence-corrected chi connectivity index (χ3v) is 3.37. The van der Waals surface area contributed by atoms with Crippen LogP contribution in [-0.2, 0) is 17.9 Å². The summed E-state index contributed by atoms with van der Waals surface area (Å²) in [4.78, 5) is 3.94. The van der Waals surface area contributed by atoms with E-state index >= 15 is 0 Å². The summed E-state index contributed by atoms with van der Waals surface area (Å²) in [5.74, 6) is 3.07. The van der Waals surface area contributed by atoms with Crippen LogP contribution < -0.4 is 10.1 Å². The van der Waals surface area contributed by atoms with Crippen LogP contribution >= 0.6 is 0 Å². The second-order valence-corrected chi connectivity index (χ2v) is 4.94. The smallest absolute Gasteiger partial charge is 0.181 e. The van der Waals surface area contributed by atoms with E-state index in [1.807, 2.05) is 30.3 Å². The lowest BCUT2D eigenvalue weighted by atomic mass is 10.1. The van der Waals surface area contributed by atoms with Crippen LogP contribution in [0.25, 0.3) is 11.3 Å². The Morgan fingerprint density at radius 2 is 2.00 bits per heavy atom. The summed E-state index contributed by atoms with van der Waals surface area (Å²) in [5.41, 5.74) is 1.77. The molecule has 3 rings (SSSR count). The molecular formula is C17H18N2O4. The van der Waals surface area contributed by atoms with E-state index in [9.17, 15) is 0 Å². The minimum Gasteiger partial charge on any atom is -0.495 e. The summed E-state index contributed by atoms with van der Waals surface area (Å²) in [6.45, 7) is 1.00. The zero-order valence-corrected chi connectivity index (χ0v) is 13.0. The van der Waals surface area contributed by atoms with Gasteiger partial charge in [-0.2, -0.15) is 0 Å². The molecule has 120 valence electrons. The van der Waals surface area contributed by atoms with E-state index in [1.54, 1.807) is 20.4 Å². The van der Waals surface area contributed by atoms with Gasteiger partial charge in [0.2, 0.25) is 0 Å². The molecule has 0 aliphatic carbocycles. The predicted octanol–water partition coefficient (Wildman–Crippen LogP) is 3.70. The summed E-state index contributed by atoms with van der Waals surface area (Å²) in [7, 11) is 3.28. The summed E-state index contributed by atoms with van der Waals surface area (Å²) < 4.78 is 21.4. The van der Waals surface area contributed by atoms with Gasteiger partial charge < -0.3 is 23.6 Å². The Hall–Kier alpha value is -2.73. The van der Waals surface area contributed by atoms with E-state index < -0.39 is 0 Å². The molecule has 0 aliphatic heterocycles. The fourth-order valence-electron chi connectivity index (χ4n) is 2.28. The molecule has 0 fully saturated rings. The summed E-state index contributed by atoms with van der Waals surface area (Å²) in [6, 6.07) is 9.60. The highest BCUT2D eigenvalue weighted by Crippen LogP contribution is 2.31. The number of oxazole rings is 1. The van der Waals surface area contributed by atoms with Crippen molar-refractivity contribution >= 4 is 5.69 Å². The maximum atomic E-state index is 5.66. The summed E-state index contributed by atoms with van der Waals surface area (Å²) in [5, 5.41) is 3.32. The monoisotopic (exact) mass is 314 g/mol. The fourth-order valence-corrected chi connectivity index (χ4v) is 2.28. The van der Waals surface area contributed by atoms with Crippen molar-refractivity contribution in [3.8, 4) is 17.1 Å². The Morgan fingerprint density at radius 1 is 1.13 bits per heavy atom. The molecule has 0 amide bonds. The number of nitrogens with one attached hydrogen (secondary N) is 1. The largest absolute Gasteiger partial charge is 0.495 e. The first-order valence-corrected chi connectivity index (χ1v) is 7.17. The van der Waals surface area contributed by atoms with E-state index in [4.69, 9.17) is 18.3 Å². The Labute approximate surface area is 134 Å². The number of hydrogen-bond donors (Lipinski definition) is 1. The number of anilines is 1. The molecule has 1 aromatic carbocycles. The van der Waals surface area contributed by atoms with Crippen molar-refractivity contribution in [1.29, 1.82) is 0 Å². The van der Waals surface area contributed by atoms with E-state index in [-0.39, 0.29) is 0 Å². The van der Waals surface area contributed by atoms with E-state index in [0.29, 0.717) is 18.9 Å². The molecule has 23 heavy (non-hydrogen) atoms. The van der Waals surface area contributed by atoms with Gasteiger partial charge in [-0.05, 0) is 30.3 Å². The van der Waals surface area contributed by atoms with Gasteiger partial charge in [-0.3, -0.25) is 0 Å². The Balaban J connectivity index is 1.76. The van der Waals surface area contributed by atoms with Crippen LogP contribution in [0.3, 0.4) is 0 Å². The molecule has 0 bridgehead atoms. The zero-order valence-electron chi connectivity index (χ0n) is 13.0. The van der Waals surface area contributed by atoms with Gasteiger partial charge in [0.15, 0.2) is 12.2 Å². The topological polar surface area (TPSA) is 69.7 Å². The molecular weight excluding hydrogens is 296 g/mol. The molecule has 2 aromatic heterocycles. The lowest BCUT2D eigenvalue weighted by Gasteiger charge is -2.11. The quantitative estimate of drug-likeness (QED) is 0.717. The van der Waals surface area contributed by atoms with Gasteiger partial charge >= 0.3 is 0 Å². The maximum Gasteiger partial charge on any atom is 0.181 e. The number of hydrogen-bond acceptors (Lipinski definition) is 6. The molecule has 2 heterocycles. The predicted molar refractivity (Wildman–Crippen MR) is 85.2 cm³/mol. The maximum absolute atomic E-state index is 5.66. The number of benzene rings is 1. The third-order valence-electron chi connectivity index (χ3n) is 3.37. The lowest BCUT2D eigenvalue weighted by Crippen LogP contribution is -2.00. The molecule has 1 N–H and O–H groups in total. The van der Waals surface area contributed by atoms with Gasteiger partial charge in [-0.1, -0.05) is 0 Å². The fraction of sp³-hybridized carbons (Fsp3) is 0.235. The molecule has 0 aliphatic rings. The van der Waals surface area contributed by atoms with Gasteiger partial charge in [-0.15, -0.1) is 0 Å². The van der Waals surface area contributed by atoms with Crippen LogP contribution in [0.1, 0.15) is 11.5 Å². The number of ether oxygens (including phenoxy) is 2. The first-order valence-electron chi connectivity index (χ1n) is 7.17. The van der Waals surface area contributed by atoms with Crippen molar-refractivity contribution < 1.29 is 18.3 Å². The van der Waals surface area contributed by atoms with Crippen LogP contribution in [-0.4, -0.2) is 19.2 Å². The molecule has 0 atom stereocenters. The van der Waals surface area contributed by atoms with Gasteiger partial charge in [0, 0.05) is 12.7 Å². The second kappa shape index (κ2) is 7.02. The van der Waals surface area contributed by atoms with Crippen molar-refractivity contribution in [3.63, 3.8) is 0 Å². The first kappa shape index (κ1) is 15.2. The van der Waals surface area contributed by atoms with Gasteiger partial charge in [0.05, 0.1) is 25.5 Å². The van der Waals surface area contributed by atoms with Crippen LogP contribution in [0, 0.1) is 0 Å². The van der Waals surface area contributed by atoms with Crippen LogP contribution in [0.4, 0.5) is 5.69 Å². The Morgan fingerprint density at radius 3 is 2.74 bits per heavy atom. The first-order chi connectivity index (χ1) is 11.3. The molecule has 6 heteroatoms. The minimum atomic E-state index is 0.463. The molecule has 6 nitrogen and oxygen atoms in total. The highest BCUT2D eigenvalue weighted by molar-refractivity contribution is 5.68. The molecule has 0 saturated carbocycles. The number of rotatable bonds is 7. The number of aromatic nitrogens is 1. The highest BCUT2D eigenvalue weighted by Gasteiger charge is 2.09. The van der Waals surface area contributed by atoms with Crippen LogP contribution in [0.15, 0.2) is 51.8 Å². The highest BCUT2D eigenvalue weighted by atomic mass is 16.5. The minimum absolute atomic E-state index is 0.463. The average molecular weight is 314 g/mol. The van der Waals surface area contributed by atoms with Crippen molar-refractivity contribution in [2.24, 2.45) is 0 Å². The van der Waals surface area contributed by atoms with E-state index in [2.05, 4.69) is 10.3 Å². The van der Waals surface area contributed by atoms with Crippen LogP contribution in [0.2, 0.25) is 0 Å². The summed E-state index contributed by atoms with van der Waals surface area (Å²) in [6.07, 6.45) is 3.09. The standard InChI is InChI=1S/C17H18N2O4/c1-20-10-14-5-4-13(23-14)8-19-15-7-12(3-6-16(15)21-2)17-9-18-11-22-17/h3-7,9,11,19H,8,10H2,1-2H3. The van der Waals surface area contributed by atoms with Crippen LogP contribution in [0.5, 0.6) is 5.75 Å². The second-order valence-electron chi connectivity index (χ2n) is 4.94. The summed E-state index contributed by atoms with van der Waals surface area (Å²) >= 11 is 0. The average Bonchev–Trinajstić information content (AvgIpc) is 3.25. The third kappa shape index (κ3) is 3.54. The molecule has 0 spiro atoms. The lowest BCUT2D eigenvalue weighted by molar-refractivity contribution is 0.163. The normalized spacial score (nSPS) is 10.7. The van der Waals surface area contributed by atoms with Gasteiger partial charge in [0.1, 0.15) is 23.9 Å². The van der Waals surface area contributed by atoms with Crippen molar-refractivity contribution in [2.75, 3.05) is 19.5 Å². The van der Waals surface area contributed by atoms with E-state index in [1.165, 1.54) is 6.39 Å².